The van der Waals surface area contributed by atoms with Crippen LogP contribution in [-0.4, -0.2) is 4.57 Å². The lowest BCUT2D eigenvalue weighted by atomic mass is 10.1. The Labute approximate surface area is 148 Å². The van der Waals surface area contributed by atoms with Crippen LogP contribution in [0.4, 0.5) is 0 Å². The van der Waals surface area contributed by atoms with Crippen molar-refractivity contribution in [2.75, 3.05) is 0 Å². The Hall–Kier alpha value is -2.65. The summed E-state index contributed by atoms with van der Waals surface area (Å²) >= 11 is 3.48. The molecule has 0 radical (unpaired) electrons. The predicted octanol–water partition coefficient (Wildman–Crippen LogP) is 5.42. The molecule has 0 N–H and O–H groups in total. The van der Waals surface area contributed by atoms with E-state index in [4.69, 9.17) is 0 Å². The van der Waals surface area contributed by atoms with Crippen LogP contribution < -0.4 is 5.43 Å². The van der Waals surface area contributed by atoms with E-state index < -0.39 is 0 Å². The monoisotopic (exact) mass is 375 g/mol. The van der Waals surface area contributed by atoms with E-state index in [0.717, 1.165) is 32.3 Å². The summed E-state index contributed by atoms with van der Waals surface area (Å²) in [5, 5.41) is 0.722. The molecule has 2 nitrogen and oxygen atoms in total. The van der Waals surface area contributed by atoms with Crippen molar-refractivity contribution >= 4 is 26.8 Å². The fourth-order valence-corrected chi connectivity index (χ4v) is 3.23. The Morgan fingerprint density at radius 2 is 1.42 bits per heavy atom. The van der Waals surface area contributed by atoms with Crippen LogP contribution in [-0.2, 0) is 0 Å². The molecule has 1 heterocycles. The van der Waals surface area contributed by atoms with Crippen LogP contribution in [0.15, 0.2) is 94.2 Å². The first-order valence-electron chi connectivity index (χ1n) is 7.70. The Morgan fingerprint density at radius 1 is 0.750 bits per heavy atom. The summed E-state index contributed by atoms with van der Waals surface area (Å²) in [6, 6.07) is 27.6. The van der Waals surface area contributed by atoms with E-state index in [1.54, 1.807) is 6.07 Å². The van der Waals surface area contributed by atoms with E-state index in [9.17, 15) is 4.79 Å². The molecule has 0 fully saturated rings. The van der Waals surface area contributed by atoms with Gasteiger partial charge in [-0.15, -0.1) is 0 Å². The van der Waals surface area contributed by atoms with E-state index in [2.05, 4.69) is 20.5 Å². The molecule has 4 rings (SSSR count). The average Bonchev–Trinajstić information content (AvgIpc) is 2.63. The molecular weight excluding hydrogens is 362 g/mol. The summed E-state index contributed by atoms with van der Waals surface area (Å²) < 4.78 is 3.16. The topological polar surface area (TPSA) is 22.0 Å². The fourth-order valence-electron chi connectivity index (χ4n) is 2.96. The molecule has 0 saturated carbocycles. The number of fused-ring (bicyclic) bond motifs is 1. The highest BCUT2D eigenvalue weighted by atomic mass is 79.9. The van der Waals surface area contributed by atoms with Crippen molar-refractivity contribution in [1.29, 1.82) is 0 Å². The minimum atomic E-state index is 0.0396. The first-order chi connectivity index (χ1) is 11.7. The third kappa shape index (κ3) is 2.57. The molecule has 0 aliphatic rings. The molecule has 1 aromatic heterocycles. The maximum atomic E-state index is 12.6. The van der Waals surface area contributed by atoms with Crippen LogP contribution in [0.1, 0.15) is 0 Å². The van der Waals surface area contributed by atoms with Gasteiger partial charge in [0.2, 0.25) is 0 Å². The highest BCUT2D eigenvalue weighted by Crippen LogP contribution is 2.27. The number of pyridine rings is 1. The highest BCUT2D eigenvalue weighted by Gasteiger charge is 2.12. The number of benzene rings is 3. The second kappa shape index (κ2) is 6.10. The van der Waals surface area contributed by atoms with Crippen LogP contribution >= 0.6 is 15.9 Å². The number of hydrogen-bond acceptors (Lipinski definition) is 1. The summed E-state index contributed by atoms with van der Waals surface area (Å²) in [5.74, 6) is 0. The maximum absolute atomic E-state index is 12.6. The van der Waals surface area contributed by atoms with Crippen molar-refractivity contribution in [2.45, 2.75) is 0 Å². The van der Waals surface area contributed by atoms with E-state index in [-0.39, 0.29) is 5.43 Å². The molecule has 0 unspecified atom stereocenters. The van der Waals surface area contributed by atoms with Gasteiger partial charge in [0.05, 0.1) is 11.2 Å². The molecule has 0 saturated heterocycles. The number of nitrogens with zero attached hydrogens (tertiary/aromatic N) is 1. The molecule has 0 aliphatic heterocycles. The van der Waals surface area contributed by atoms with Crippen LogP contribution in [0.5, 0.6) is 0 Å². The van der Waals surface area contributed by atoms with Gasteiger partial charge in [0.25, 0.3) is 0 Å². The first kappa shape index (κ1) is 14.9. The SMILES string of the molecule is O=c1cc(-c2ccccc2)n(-c2ccc(Br)cc2)c2ccccc12. The average molecular weight is 376 g/mol. The van der Waals surface area contributed by atoms with Crippen LogP contribution in [0.3, 0.4) is 0 Å². The van der Waals surface area contributed by atoms with Gasteiger partial charge >= 0.3 is 0 Å². The summed E-state index contributed by atoms with van der Waals surface area (Å²) in [7, 11) is 0. The molecule has 0 bridgehead atoms. The quantitative estimate of drug-likeness (QED) is 0.458. The third-order valence-corrected chi connectivity index (χ3v) is 4.60. The van der Waals surface area contributed by atoms with Gasteiger partial charge in [-0.2, -0.15) is 0 Å². The molecule has 0 amide bonds. The highest BCUT2D eigenvalue weighted by molar-refractivity contribution is 9.10. The minimum Gasteiger partial charge on any atom is -0.309 e. The molecule has 24 heavy (non-hydrogen) atoms. The van der Waals surface area contributed by atoms with Crippen LogP contribution in [0.2, 0.25) is 0 Å². The first-order valence-corrected chi connectivity index (χ1v) is 8.49. The molecule has 3 heteroatoms. The van der Waals surface area contributed by atoms with Gasteiger partial charge in [0.1, 0.15) is 0 Å². The van der Waals surface area contributed by atoms with E-state index in [1.807, 2.05) is 78.9 Å². The number of halogens is 1. The predicted molar refractivity (Wildman–Crippen MR) is 103 cm³/mol. The summed E-state index contributed by atoms with van der Waals surface area (Å²) in [6.07, 6.45) is 0. The molecule has 4 aromatic rings. The molecular formula is C21H14BrNO. The lowest BCUT2D eigenvalue weighted by molar-refractivity contribution is 1.11. The molecule has 3 aromatic carbocycles. The maximum Gasteiger partial charge on any atom is 0.190 e. The summed E-state index contributed by atoms with van der Waals surface area (Å²) in [4.78, 5) is 12.6. The van der Waals surface area contributed by atoms with Gasteiger partial charge in [0, 0.05) is 21.6 Å². The van der Waals surface area contributed by atoms with Crippen molar-refractivity contribution < 1.29 is 0 Å². The van der Waals surface area contributed by atoms with Crippen molar-refractivity contribution in [3.05, 3.63) is 99.6 Å². The zero-order valence-corrected chi connectivity index (χ0v) is 14.4. The zero-order valence-electron chi connectivity index (χ0n) is 12.8. The van der Waals surface area contributed by atoms with Gasteiger partial charge in [0.15, 0.2) is 5.43 Å². The Kier molecular flexibility index (Phi) is 3.79. The van der Waals surface area contributed by atoms with E-state index >= 15 is 0 Å². The van der Waals surface area contributed by atoms with E-state index in [1.165, 1.54) is 0 Å². The summed E-state index contributed by atoms with van der Waals surface area (Å²) in [5.41, 5.74) is 3.88. The lowest BCUT2D eigenvalue weighted by Gasteiger charge is -2.17. The van der Waals surface area contributed by atoms with Crippen LogP contribution in [0, 0.1) is 0 Å². The number of aromatic nitrogens is 1. The Morgan fingerprint density at radius 3 is 2.17 bits per heavy atom. The second-order valence-electron chi connectivity index (χ2n) is 5.59. The molecule has 0 spiro atoms. The second-order valence-corrected chi connectivity index (χ2v) is 6.50. The van der Waals surface area contributed by atoms with Gasteiger partial charge in [-0.05, 0) is 42.0 Å². The van der Waals surface area contributed by atoms with E-state index in [0.29, 0.717) is 0 Å². The Balaban J connectivity index is 2.13. The van der Waals surface area contributed by atoms with Gasteiger partial charge in [-0.25, -0.2) is 0 Å². The summed E-state index contributed by atoms with van der Waals surface area (Å²) in [6.45, 7) is 0. The zero-order chi connectivity index (χ0) is 16.5. The van der Waals surface area contributed by atoms with Crippen molar-refractivity contribution in [3.63, 3.8) is 0 Å². The van der Waals surface area contributed by atoms with Crippen molar-refractivity contribution in [2.24, 2.45) is 0 Å². The Bertz CT molecular complexity index is 1070. The number of para-hydroxylation sites is 1. The number of rotatable bonds is 2. The van der Waals surface area contributed by atoms with Gasteiger partial charge in [-0.3, -0.25) is 4.79 Å². The standard InChI is InChI=1S/C21H14BrNO/c22-16-10-12-17(13-11-16)23-19-9-5-4-8-18(19)21(24)14-20(23)15-6-2-1-3-7-15/h1-14H. The van der Waals surface area contributed by atoms with Gasteiger partial charge in [-0.1, -0.05) is 58.4 Å². The van der Waals surface area contributed by atoms with Gasteiger partial charge < -0.3 is 4.57 Å². The molecule has 116 valence electrons. The third-order valence-electron chi connectivity index (χ3n) is 4.07. The van der Waals surface area contributed by atoms with Crippen molar-refractivity contribution in [3.8, 4) is 16.9 Å². The lowest BCUT2D eigenvalue weighted by Crippen LogP contribution is -2.10. The number of hydrogen-bond donors (Lipinski definition) is 0. The van der Waals surface area contributed by atoms with Crippen LogP contribution in [0.25, 0.3) is 27.8 Å². The fraction of sp³-hybridized carbons (Fsp3) is 0. The normalized spacial score (nSPS) is 10.9. The largest absolute Gasteiger partial charge is 0.309 e. The smallest absolute Gasteiger partial charge is 0.190 e. The molecule has 0 aliphatic carbocycles. The minimum absolute atomic E-state index is 0.0396. The van der Waals surface area contributed by atoms with Crippen molar-refractivity contribution in [1.82, 2.24) is 4.57 Å². The molecule has 0 atom stereocenters.